The quantitative estimate of drug-likeness (QED) is 0.883. The summed E-state index contributed by atoms with van der Waals surface area (Å²) in [5.41, 5.74) is 0.776. The second-order valence-corrected chi connectivity index (χ2v) is 6.24. The molecule has 2 unspecified atom stereocenters. The average Bonchev–Trinajstić information content (AvgIpc) is 3.36. The fourth-order valence-electron chi connectivity index (χ4n) is 3.10. The number of amides is 2. The highest BCUT2D eigenvalue weighted by Crippen LogP contribution is 2.40. The number of piperidine rings is 1. The predicted octanol–water partition coefficient (Wildman–Crippen LogP) is 1.58. The minimum absolute atomic E-state index is 0.0156. The van der Waals surface area contributed by atoms with Crippen LogP contribution in [0.1, 0.15) is 19.3 Å². The lowest BCUT2D eigenvalue weighted by molar-refractivity contribution is -0.142. The SMILES string of the molecule is O=C(Nc1ccccc1)C1CCN(C(=O)C2CC2C(=O)O)CC1. The first-order valence-corrected chi connectivity index (χ1v) is 7.94. The summed E-state index contributed by atoms with van der Waals surface area (Å²) in [5, 5.41) is 11.8. The van der Waals surface area contributed by atoms with E-state index in [1.165, 1.54) is 0 Å². The molecule has 1 aliphatic heterocycles. The van der Waals surface area contributed by atoms with E-state index in [1.54, 1.807) is 4.90 Å². The van der Waals surface area contributed by atoms with E-state index in [0.717, 1.165) is 5.69 Å². The molecule has 2 fully saturated rings. The number of carboxylic acids is 1. The Labute approximate surface area is 134 Å². The van der Waals surface area contributed by atoms with E-state index in [1.807, 2.05) is 30.3 Å². The van der Waals surface area contributed by atoms with Crippen molar-refractivity contribution in [2.45, 2.75) is 19.3 Å². The molecule has 1 saturated carbocycles. The van der Waals surface area contributed by atoms with Crippen molar-refractivity contribution < 1.29 is 19.5 Å². The van der Waals surface area contributed by atoms with E-state index in [-0.39, 0.29) is 23.7 Å². The van der Waals surface area contributed by atoms with E-state index < -0.39 is 11.9 Å². The number of nitrogens with one attached hydrogen (secondary N) is 1. The molecule has 2 N–H and O–H groups in total. The van der Waals surface area contributed by atoms with Crippen LogP contribution in [-0.4, -0.2) is 40.9 Å². The van der Waals surface area contributed by atoms with Crippen molar-refractivity contribution in [1.29, 1.82) is 0 Å². The fourth-order valence-corrected chi connectivity index (χ4v) is 3.10. The molecule has 1 saturated heterocycles. The van der Waals surface area contributed by atoms with Crippen molar-refractivity contribution in [3.05, 3.63) is 30.3 Å². The molecule has 0 spiro atoms. The number of carboxylic acid groups (broad SMARTS) is 1. The van der Waals surface area contributed by atoms with Crippen LogP contribution >= 0.6 is 0 Å². The van der Waals surface area contributed by atoms with E-state index in [9.17, 15) is 14.4 Å². The Bertz CT molecular complexity index is 608. The molecule has 2 atom stereocenters. The smallest absolute Gasteiger partial charge is 0.307 e. The van der Waals surface area contributed by atoms with Gasteiger partial charge in [0, 0.05) is 24.7 Å². The van der Waals surface area contributed by atoms with Gasteiger partial charge in [-0.2, -0.15) is 0 Å². The van der Waals surface area contributed by atoms with Gasteiger partial charge in [-0.3, -0.25) is 14.4 Å². The van der Waals surface area contributed by atoms with Crippen molar-refractivity contribution in [3.8, 4) is 0 Å². The molecule has 0 bridgehead atoms. The molecule has 2 amide bonds. The maximum absolute atomic E-state index is 12.2. The first-order valence-electron chi connectivity index (χ1n) is 7.94. The third-order valence-electron chi connectivity index (χ3n) is 4.64. The van der Waals surface area contributed by atoms with E-state index in [4.69, 9.17) is 5.11 Å². The number of benzene rings is 1. The number of carbonyl (C=O) groups is 3. The number of nitrogens with zero attached hydrogens (tertiary/aromatic N) is 1. The Hall–Kier alpha value is -2.37. The van der Waals surface area contributed by atoms with Gasteiger partial charge in [0.2, 0.25) is 11.8 Å². The van der Waals surface area contributed by atoms with Crippen LogP contribution in [0.5, 0.6) is 0 Å². The Balaban J connectivity index is 1.48. The summed E-state index contributed by atoms with van der Waals surface area (Å²) in [6.07, 6.45) is 1.69. The highest BCUT2D eigenvalue weighted by Gasteiger charge is 2.50. The number of likely N-dealkylation sites (tertiary alicyclic amines) is 1. The number of anilines is 1. The Kier molecular flexibility index (Phi) is 4.32. The molecule has 1 aromatic rings. The molecule has 122 valence electrons. The van der Waals surface area contributed by atoms with Crippen molar-refractivity contribution in [3.63, 3.8) is 0 Å². The zero-order valence-electron chi connectivity index (χ0n) is 12.8. The van der Waals surface area contributed by atoms with Crippen LogP contribution < -0.4 is 5.32 Å². The first kappa shape index (κ1) is 15.5. The van der Waals surface area contributed by atoms with Crippen molar-refractivity contribution in [1.82, 2.24) is 4.90 Å². The molecule has 6 heteroatoms. The van der Waals surface area contributed by atoms with Gasteiger partial charge in [0.15, 0.2) is 0 Å². The molecular formula is C17H20N2O4. The van der Waals surface area contributed by atoms with Gasteiger partial charge in [0.1, 0.15) is 0 Å². The fraction of sp³-hybridized carbons (Fsp3) is 0.471. The Morgan fingerprint density at radius 3 is 2.26 bits per heavy atom. The zero-order valence-corrected chi connectivity index (χ0v) is 12.8. The molecule has 1 aromatic carbocycles. The van der Waals surface area contributed by atoms with Crippen molar-refractivity contribution in [2.75, 3.05) is 18.4 Å². The Morgan fingerprint density at radius 2 is 1.70 bits per heavy atom. The summed E-state index contributed by atoms with van der Waals surface area (Å²) in [7, 11) is 0. The molecule has 0 aromatic heterocycles. The Morgan fingerprint density at radius 1 is 1.04 bits per heavy atom. The summed E-state index contributed by atoms with van der Waals surface area (Å²) >= 11 is 0. The van der Waals surface area contributed by atoms with Crippen molar-refractivity contribution in [2.24, 2.45) is 17.8 Å². The largest absolute Gasteiger partial charge is 0.481 e. The van der Waals surface area contributed by atoms with Gasteiger partial charge >= 0.3 is 5.97 Å². The number of para-hydroxylation sites is 1. The van der Waals surface area contributed by atoms with Crippen LogP contribution in [0, 0.1) is 17.8 Å². The van der Waals surface area contributed by atoms with Crippen LogP contribution in [0.25, 0.3) is 0 Å². The summed E-state index contributed by atoms with van der Waals surface area (Å²) < 4.78 is 0. The number of carbonyl (C=O) groups excluding carboxylic acids is 2. The van der Waals surface area contributed by atoms with E-state index in [2.05, 4.69) is 5.32 Å². The topological polar surface area (TPSA) is 86.7 Å². The molecular weight excluding hydrogens is 296 g/mol. The molecule has 0 radical (unpaired) electrons. The van der Waals surface area contributed by atoms with Gasteiger partial charge in [-0.25, -0.2) is 0 Å². The number of hydrogen-bond donors (Lipinski definition) is 2. The van der Waals surface area contributed by atoms with Gasteiger partial charge in [-0.1, -0.05) is 18.2 Å². The van der Waals surface area contributed by atoms with Crippen LogP contribution in [-0.2, 0) is 14.4 Å². The molecule has 2 aliphatic rings. The lowest BCUT2D eigenvalue weighted by Crippen LogP contribution is -2.42. The molecule has 6 nitrogen and oxygen atoms in total. The molecule has 1 heterocycles. The van der Waals surface area contributed by atoms with Gasteiger partial charge in [-0.15, -0.1) is 0 Å². The third kappa shape index (κ3) is 3.52. The highest BCUT2D eigenvalue weighted by atomic mass is 16.4. The normalized spacial score (nSPS) is 24.1. The number of rotatable bonds is 4. The maximum atomic E-state index is 12.2. The van der Waals surface area contributed by atoms with Gasteiger partial charge in [0.25, 0.3) is 0 Å². The summed E-state index contributed by atoms with van der Waals surface area (Å²) in [6.45, 7) is 1.04. The molecule has 23 heavy (non-hydrogen) atoms. The van der Waals surface area contributed by atoms with Crippen LogP contribution in [0.4, 0.5) is 5.69 Å². The monoisotopic (exact) mass is 316 g/mol. The molecule has 1 aliphatic carbocycles. The van der Waals surface area contributed by atoms with Gasteiger partial charge in [-0.05, 0) is 31.4 Å². The second-order valence-electron chi connectivity index (χ2n) is 6.24. The van der Waals surface area contributed by atoms with Crippen LogP contribution in [0.15, 0.2) is 30.3 Å². The van der Waals surface area contributed by atoms with Crippen LogP contribution in [0.3, 0.4) is 0 Å². The lowest BCUT2D eigenvalue weighted by atomic mass is 9.95. The average molecular weight is 316 g/mol. The van der Waals surface area contributed by atoms with E-state index in [0.29, 0.717) is 32.4 Å². The minimum Gasteiger partial charge on any atom is -0.481 e. The zero-order chi connectivity index (χ0) is 16.4. The third-order valence-corrected chi connectivity index (χ3v) is 4.64. The van der Waals surface area contributed by atoms with E-state index >= 15 is 0 Å². The highest BCUT2D eigenvalue weighted by molar-refractivity contribution is 5.93. The number of aliphatic carboxylic acids is 1. The molecule has 3 rings (SSSR count). The summed E-state index contributed by atoms with van der Waals surface area (Å²) in [4.78, 5) is 37.0. The summed E-state index contributed by atoms with van der Waals surface area (Å²) in [6, 6.07) is 9.31. The minimum atomic E-state index is -0.888. The second kappa shape index (κ2) is 6.40. The lowest BCUT2D eigenvalue weighted by Gasteiger charge is -2.31. The van der Waals surface area contributed by atoms with Gasteiger partial charge in [0.05, 0.1) is 11.8 Å². The standard InChI is InChI=1S/C17H20N2O4/c20-15(18-12-4-2-1-3-5-12)11-6-8-19(9-7-11)16(21)13-10-14(13)17(22)23/h1-5,11,13-14H,6-10H2,(H,18,20)(H,22,23). The van der Waals surface area contributed by atoms with Gasteiger partial charge < -0.3 is 15.3 Å². The number of hydrogen-bond acceptors (Lipinski definition) is 3. The predicted molar refractivity (Wildman–Crippen MR) is 83.6 cm³/mol. The maximum Gasteiger partial charge on any atom is 0.307 e. The van der Waals surface area contributed by atoms with Crippen molar-refractivity contribution >= 4 is 23.5 Å². The summed E-state index contributed by atoms with van der Waals surface area (Å²) in [5.74, 6) is -1.95. The van der Waals surface area contributed by atoms with Crippen LogP contribution in [0.2, 0.25) is 0 Å². The first-order chi connectivity index (χ1) is 11.1.